The molecule has 0 aromatic carbocycles. The van der Waals surface area contributed by atoms with Gasteiger partial charge in [-0.3, -0.25) is 0 Å². The van der Waals surface area contributed by atoms with Crippen LogP contribution in [-0.2, 0) is 13.1 Å². The fourth-order valence-electron chi connectivity index (χ4n) is 1.35. The van der Waals surface area contributed by atoms with Crippen molar-refractivity contribution in [3.05, 3.63) is 22.8 Å². The molecule has 7 nitrogen and oxygen atoms in total. The molecule has 17 heavy (non-hydrogen) atoms. The Kier molecular flexibility index (Phi) is 3.52. The zero-order chi connectivity index (χ0) is 12.3. The molecule has 2 aromatic rings. The maximum atomic E-state index is 5.61. The number of halogens is 1. The topological polar surface area (TPSA) is 94.5 Å². The van der Waals surface area contributed by atoms with E-state index in [2.05, 4.69) is 41.4 Å². The average Bonchev–Trinajstić information content (AvgIpc) is 2.72. The van der Waals surface area contributed by atoms with Crippen LogP contribution in [0.1, 0.15) is 12.7 Å². The summed E-state index contributed by atoms with van der Waals surface area (Å²) in [5.41, 5.74) is 5.61. The highest BCUT2D eigenvalue weighted by Gasteiger charge is 2.04. The van der Waals surface area contributed by atoms with E-state index in [1.54, 1.807) is 12.4 Å². The summed E-state index contributed by atoms with van der Waals surface area (Å²) in [6.07, 6.45) is 1.69. The molecule has 0 spiro atoms. The van der Waals surface area contributed by atoms with E-state index in [4.69, 9.17) is 5.73 Å². The summed E-state index contributed by atoms with van der Waals surface area (Å²) < 4.78 is 2.58. The van der Waals surface area contributed by atoms with Gasteiger partial charge in [-0.15, -0.1) is 10.2 Å². The van der Waals surface area contributed by atoms with Crippen LogP contribution in [0.25, 0.3) is 0 Å². The summed E-state index contributed by atoms with van der Waals surface area (Å²) in [4.78, 5) is 8.20. The van der Waals surface area contributed by atoms with E-state index in [-0.39, 0.29) is 0 Å². The highest BCUT2D eigenvalue weighted by atomic mass is 79.9. The average molecular weight is 298 g/mol. The zero-order valence-corrected chi connectivity index (χ0v) is 10.8. The number of nitrogens with one attached hydrogen (secondary N) is 1. The highest BCUT2D eigenvalue weighted by molar-refractivity contribution is 9.10. The van der Waals surface area contributed by atoms with E-state index in [1.165, 1.54) is 0 Å². The lowest BCUT2D eigenvalue weighted by Crippen LogP contribution is -2.10. The molecule has 8 heteroatoms. The molecule has 0 radical (unpaired) electrons. The van der Waals surface area contributed by atoms with Crippen LogP contribution >= 0.6 is 15.9 Å². The second kappa shape index (κ2) is 5.09. The molecule has 0 amide bonds. The molecular formula is C9H12BrN7. The van der Waals surface area contributed by atoms with Crippen LogP contribution in [-0.4, -0.2) is 24.7 Å². The largest absolute Gasteiger partial charge is 0.383 e. The molecule has 2 rings (SSSR count). The number of aromatic nitrogens is 5. The van der Waals surface area contributed by atoms with Crippen molar-refractivity contribution in [1.82, 2.24) is 24.7 Å². The predicted molar refractivity (Wildman–Crippen MR) is 67.2 cm³/mol. The fraction of sp³-hybridized carbons (Fsp3) is 0.333. The van der Waals surface area contributed by atoms with Gasteiger partial charge in [0.15, 0.2) is 5.82 Å². The summed E-state index contributed by atoms with van der Waals surface area (Å²) in [6.45, 7) is 3.36. The molecule has 0 bridgehead atoms. The predicted octanol–water partition coefficient (Wildman–Crippen LogP) is 1.04. The number of anilines is 2. The Hall–Kier alpha value is -1.70. The molecule has 0 aliphatic carbocycles. The minimum Gasteiger partial charge on any atom is -0.383 e. The summed E-state index contributed by atoms with van der Waals surface area (Å²) in [5.74, 6) is 1.70. The molecule has 0 fully saturated rings. The van der Waals surface area contributed by atoms with Crippen LogP contribution in [0.15, 0.2) is 17.0 Å². The second-order valence-electron chi connectivity index (χ2n) is 3.33. The number of nitrogens with zero attached hydrogens (tertiary/aromatic N) is 5. The molecule has 0 saturated heterocycles. The van der Waals surface area contributed by atoms with Gasteiger partial charge in [-0.1, -0.05) is 0 Å². The van der Waals surface area contributed by atoms with E-state index in [9.17, 15) is 0 Å². The van der Waals surface area contributed by atoms with Crippen molar-refractivity contribution in [2.24, 2.45) is 0 Å². The van der Waals surface area contributed by atoms with Crippen molar-refractivity contribution in [2.75, 3.05) is 11.1 Å². The Labute approximate surface area is 107 Å². The maximum Gasteiger partial charge on any atom is 0.226 e. The van der Waals surface area contributed by atoms with Gasteiger partial charge in [0.25, 0.3) is 0 Å². The van der Waals surface area contributed by atoms with Gasteiger partial charge >= 0.3 is 0 Å². The van der Waals surface area contributed by atoms with Crippen molar-refractivity contribution >= 4 is 27.7 Å². The van der Waals surface area contributed by atoms with E-state index in [1.807, 2.05) is 11.5 Å². The molecule has 2 heterocycles. The van der Waals surface area contributed by atoms with Gasteiger partial charge in [-0.05, 0) is 22.9 Å². The summed E-state index contributed by atoms with van der Waals surface area (Å²) >= 11 is 3.26. The minimum atomic E-state index is 0.409. The van der Waals surface area contributed by atoms with Crippen LogP contribution in [0.5, 0.6) is 0 Å². The number of rotatable bonds is 4. The van der Waals surface area contributed by atoms with Crippen LogP contribution in [0.2, 0.25) is 0 Å². The molecule has 0 atom stereocenters. The number of hydrogen-bond donors (Lipinski definition) is 2. The third kappa shape index (κ3) is 2.90. The normalized spacial score (nSPS) is 10.5. The first kappa shape index (κ1) is 11.8. The smallest absolute Gasteiger partial charge is 0.226 e. The molecule has 0 unspecified atom stereocenters. The summed E-state index contributed by atoms with van der Waals surface area (Å²) in [6, 6.07) is 1.64. The minimum absolute atomic E-state index is 0.409. The van der Waals surface area contributed by atoms with Crippen molar-refractivity contribution in [1.29, 1.82) is 0 Å². The standard InChI is InChI=1S/C9H12BrN7/c1-2-17-5-13-16-8(17)4-12-9-14-6(10)3-7(11)15-9/h3,5H,2,4H2,1H3,(H3,11,12,14,15). The van der Waals surface area contributed by atoms with Gasteiger partial charge < -0.3 is 15.6 Å². The number of aryl methyl sites for hydroxylation is 1. The Bertz CT molecular complexity index is 490. The van der Waals surface area contributed by atoms with Crippen LogP contribution in [0.4, 0.5) is 11.8 Å². The van der Waals surface area contributed by atoms with Crippen LogP contribution < -0.4 is 11.1 Å². The van der Waals surface area contributed by atoms with Gasteiger partial charge in [-0.2, -0.15) is 4.98 Å². The first-order valence-electron chi connectivity index (χ1n) is 5.09. The lowest BCUT2D eigenvalue weighted by molar-refractivity contribution is 0.706. The van der Waals surface area contributed by atoms with Crippen LogP contribution in [0, 0.1) is 0 Å². The van der Waals surface area contributed by atoms with Crippen LogP contribution in [0.3, 0.4) is 0 Å². The van der Waals surface area contributed by atoms with E-state index in [0.717, 1.165) is 12.4 Å². The molecular weight excluding hydrogens is 286 g/mol. The first-order valence-corrected chi connectivity index (χ1v) is 5.89. The lowest BCUT2D eigenvalue weighted by Gasteiger charge is -2.06. The van der Waals surface area contributed by atoms with Gasteiger partial charge in [0, 0.05) is 12.6 Å². The van der Waals surface area contributed by atoms with Gasteiger partial charge in [-0.25, -0.2) is 4.98 Å². The first-order chi connectivity index (χ1) is 8.19. The Morgan fingerprint density at radius 2 is 2.29 bits per heavy atom. The molecule has 2 aromatic heterocycles. The third-order valence-electron chi connectivity index (χ3n) is 2.16. The summed E-state index contributed by atoms with van der Waals surface area (Å²) in [5, 5.41) is 10.9. The fourth-order valence-corrected chi connectivity index (χ4v) is 1.75. The second-order valence-corrected chi connectivity index (χ2v) is 4.14. The Morgan fingerprint density at radius 3 is 3.00 bits per heavy atom. The molecule has 0 aliphatic rings. The van der Waals surface area contributed by atoms with Gasteiger partial charge in [0.2, 0.25) is 5.95 Å². The summed E-state index contributed by atoms with van der Waals surface area (Å²) in [7, 11) is 0. The zero-order valence-electron chi connectivity index (χ0n) is 9.26. The maximum absolute atomic E-state index is 5.61. The number of nitrogens with two attached hydrogens (primary N) is 1. The molecule has 0 aliphatic heterocycles. The van der Waals surface area contributed by atoms with Crippen molar-refractivity contribution in [3.63, 3.8) is 0 Å². The monoisotopic (exact) mass is 297 g/mol. The highest BCUT2D eigenvalue weighted by Crippen LogP contribution is 2.12. The Morgan fingerprint density at radius 1 is 1.47 bits per heavy atom. The van der Waals surface area contributed by atoms with Crippen molar-refractivity contribution < 1.29 is 0 Å². The van der Waals surface area contributed by atoms with E-state index in [0.29, 0.717) is 22.9 Å². The van der Waals surface area contributed by atoms with Gasteiger partial charge in [0.05, 0.1) is 6.54 Å². The van der Waals surface area contributed by atoms with Crippen molar-refractivity contribution in [2.45, 2.75) is 20.0 Å². The lowest BCUT2D eigenvalue weighted by atomic mass is 10.5. The number of nitrogen functional groups attached to an aromatic ring is 1. The molecule has 0 saturated carbocycles. The number of hydrogen-bond acceptors (Lipinski definition) is 6. The van der Waals surface area contributed by atoms with E-state index < -0.39 is 0 Å². The molecule has 3 N–H and O–H groups in total. The Balaban J connectivity index is 2.07. The quantitative estimate of drug-likeness (QED) is 0.819. The van der Waals surface area contributed by atoms with E-state index >= 15 is 0 Å². The molecule has 90 valence electrons. The SMILES string of the molecule is CCn1cnnc1CNc1nc(N)cc(Br)n1. The van der Waals surface area contributed by atoms with Gasteiger partial charge in [0.1, 0.15) is 16.7 Å². The third-order valence-corrected chi connectivity index (χ3v) is 2.56. The van der Waals surface area contributed by atoms with Crippen molar-refractivity contribution in [3.8, 4) is 0 Å².